The second-order valence-electron chi connectivity index (χ2n) is 13.8. The Morgan fingerprint density at radius 1 is 0.941 bits per heavy atom. The highest BCUT2D eigenvalue weighted by Crippen LogP contribution is 2.71. The van der Waals surface area contributed by atoms with Gasteiger partial charge in [-0.05, 0) is 116 Å². The fraction of sp³-hybridized carbons (Fsp3) is 1.00. The smallest absolute Gasteiger partial charge is 0.265 e. The summed E-state index contributed by atoms with van der Waals surface area (Å²) in [7, 11) is -3.94. The normalized spacial score (nSPS) is 50.7. The summed E-state index contributed by atoms with van der Waals surface area (Å²) < 4.78 is 32.1. The maximum absolute atomic E-state index is 12.3. The summed E-state index contributed by atoms with van der Waals surface area (Å²) >= 11 is 0. The van der Waals surface area contributed by atoms with Crippen LogP contribution >= 0.6 is 0 Å². The molecule has 4 aliphatic rings. The summed E-state index contributed by atoms with van der Waals surface area (Å²) in [4.78, 5) is 0. The lowest BCUT2D eigenvalue weighted by Crippen LogP contribution is -2.66. The van der Waals surface area contributed by atoms with E-state index in [-0.39, 0.29) is 34.5 Å². The van der Waals surface area contributed by atoms with E-state index in [1.807, 2.05) is 6.92 Å². The van der Waals surface area contributed by atoms with E-state index in [4.69, 9.17) is 0 Å². The first-order valence-corrected chi connectivity index (χ1v) is 15.6. The molecule has 0 aliphatic heterocycles. The maximum atomic E-state index is 12.3. The van der Waals surface area contributed by atoms with E-state index in [1.54, 1.807) is 0 Å². The van der Waals surface area contributed by atoms with Crippen LogP contribution in [0.1, 0.15) is 99.3 Å². The molecule has 6 heteroatoms. The molecule has 4 aliphatic carbocycles. The first kappa shape index (κ1) is 26.9. The molecule has 0 amide bonds. The second kappa shape index (κ2) is 8.99. The lowest BCUT2D eigenvalue weighted by molar-refractivity contribution is -0.245. The van der Waals surface area contributed by atoms with Gasteiger partial charge in [0.05, 0.1) is 17.5 Å². The minimum absolute atomic E-state index is 0.0559. The lowest BCUT2D eigenvalue weighted by atomic mass is 9.38. The first-order chi connectivity index (χ1) is 15.6. The molecule has 198 valence electrons. The highest BCUT2D eigenvalue weighted by Gasteiger charge is 2.68. The maximum Gasteiger partial charge on any atom is 0.265 e. The Morgan fingerprint density at radius 2 is 1.56 bits per heavy atom. The van der Waals surface area contributed by atoms with Crippen molar-refractivity contribution in [2.75, 3.05) is 5.75 Å². The molecule has 4 fully saturated rings. The monoisotopic (exact) mass is 498 g/mol. The SMILES string of the molecule is CC[C@@H]1[C@@H]2C[C@H](O)CC[C@]2(C)C2CC[C@@]3(C)C(CC[C@@H]3[C@@H](C)CC(C)CS(=O)(=O)O)C2[C@]1(C)O. The lowest BCUT2D eigenvalue weighted by Gasteiger charge is -2.68. The van der Waals surface area contributed by atoms with Gasteiger partial charge in [-0.15, -0.1) is 0 Å². The third kappa shape index (κ3) is 4.31. The number of rotatable bonds is 6. The molecule has 0 aromatic heterocycles. The zero-order valence-electron chi connectivity index (χ0n) is 22.3. The predicted molar refractivity (Wildman–Crippen MR) is 136 cm³/mol. The average Bonchev–Trinajstić information content (AvgIpc) is 3.05. The number of aliphatic hydroxyl groups is 2. The first-order valence-electron chi connectivity index (χ1n) is 14.0. The molecule has 0 saturated heterocycles. The molecule has 0 heterocycles. The van der Waals surface area contributed by atoms with Gasteiger partial charge in [0, 0.05) is 0 Å². The Balaban J connectivity index is 1.62. The van der Waals surface area contributed by atoms with Gasteiger partial charge in [-0.3, -0.25) is 4.55 Å². The van der Waals surface area contributed by atoms with Gasteiger partial charge in [0.15, 0.2) is 0 Å². The van der Waals surface area contributed by atoms with Crippen LogP contribution in [0.2, 0.25) is 0 Å². The fourth-order valence-corrected chi connectivity index (χ4v) is 11.5. The molecule has 0 radical (unpaired) electrons. The zero-order valence-corrected chi connectivity index (χ0v) is 23.2. The summed E-state index contributed by atoms with van der Waals surface area (Å²) in [6, 6.07) is 0. The van der Waals surface area contributed by atoms with Crippen molar-refractivity contribution >= 4 is 10.1 Å². The van der Waals surface area contributed by atoms with Gasteiger partial charge in [0.1, 0.15) is 0 Å². The Labute approximate surface area is 208 Å². The number of aliphatic hydroxyl groups excluding tert-OH is 1. The third-order valence-electron chi connectivity index (χ3n) is 11.9. The molecule has 12 atom stereocenters. The Morgan fingerprint density at radius 3 is 2.18 bits per heavy atom. The average molecular weight is 499 g/mol. The van der Waals surface area contributed by atoms with Crippen molar-refractivity contribution in [1.82, 2.24) is 0 Å². The topological polar surface area (TPSA) is 94.8 Å². The van der Waals surface area contributed by atoms with Crippen molar-refractivity contribution < 1.29 is 23.2 Å². The van der Waals surface area contributed by atoms with Crippen LogP contribution in [0.15, 0.2) is 0 Å². The fourth-order valence-electron chi connectivity index (χ4n) is 10.7. The zero-order chi connectivity index (χ0) is 25.3. The third-order valence-corrected chi connectivity index (χ3v) is 12.9. The molecule has 34 heavy (non-hydrogen) atoms. The molecule has 4 unspecified atom stereocenters. The van der Waals surface area contributed by atoms with E-state index in [0.29, 0.717) is 35.5 Å². The van der Waals surface area contributed by atoms with Crippen LogP contribution < -0.4 is 0 Å². The summed E-state index contributed by atoms with van der Waals surface area (Å²) in [6.07, 6.45) is 8.97. The molecule has 3 N–H and O–H groups in total. The summed E-state index contributed by atoms with van der Waals surface area (Å²) in [5, 5.41) is 22.8. The van der Waals surface area contributed by atoms with Crippen molar-refractivity contribution in [3.05, 3.63) is 0 Å². The van der Waals surface area contributed by atoms with E-state index in [2.05, 4.69) is 34.6 Å². The molecule has 4 rings (SSSR count). The van der Waals surface area contributed by atoms with E-state index in [0.717, 1.165) is 51.4 Å². The van der Waals surface area contributed by atoms with Crippen molar-refractivity contribution in [3.8, 4) is 0 Å². The van der Waals surface area contributed by atoms with Crippen LogP contribution in [0, 0.1) is 58.2 Å². The van der Waals surface area contributed by atoms with E-state index in [1.165, 1.54) is 6.42 Å². The van der Waals surface area contributed by atoms with Gasteiger partial charge in [0.25, 0.3) is 10.1 Å². The minimum Gasteiger partial charge on any atom is -0.393 e. The van der Waals surface area contributed by atoms with Crippen molar-refractivity contribution in [1.29, 1.82) is 0 Å². The van der Waals surface area contributed by atoms with E-state index >= 15 is 0 Å². The number of hydrogen-bond donors (Lipinski definition) is 3. The highest BCUT2D eigenvalue weighted by molar-refractivity contribution is 7.85. The quantitative estimate of drug-likeness (QED) is 0.417. The molecule has 4 saturated carbocycles. The van der Waals surface area contributed by atoms with Gasteiger partial charge >= 0.3 is 0 Å². The molecular weight excluding hydrogens is 448 g/mol. The molecule has 0 aromatic carbocycles. The van der Waals surface area contributed by atoms with Crippen LogP contribution in [0.5, 0.6) is 0 Å². The van der Waals surface area contributed by atoms with Crippen LogP contribution in [0.3, 0.4) is 0 Å². The van der Waals surface area contributed by atoms with Crippen molar-refractivity contribution in [3.63, 3.8) is 0 Å². The van der Waals surface area contributed by atoms with E-state index < -0.39 is 15.7 Å². The Kier molecular flexibility index (Phi) is 7.11. The van der Waals surface area contributed by atoms with Crippen LogP contribution in [-0.4, -0.2) is 40.6 Å². The van der Waals surface area contributed by atoms with Crippen molar-refractivity contribution in [2.24, 2.45) is 58.2 Å². The summed E-state index contributed by atoms with van der Waals surface area (Å²) in [6.45, 7) is 13.5. The van der Waals surface area contributed by atoms with Crippen molar-refractivity contribution in [2.45, 2.75) is 111 Å². The van der Waals surface area contributed by atoms with Crippen LogP contribution in [-0.2, 0) is 10.1 Å². The Bertz CT molecular complexity index is 855. The second-order valence-corrected chi connectivity index (χ2v) is 15.3. The van der Waals surface area contributed by atoms with Crippen LogP contribution in [0.25, 0.3) is 0 Å². The number of fused-ring (bicyclic) bond motifs is 5. The van der Waals surface area contributed by atoms with E-state index in [9.17, 15) is 23.2 Å². The molecular formula is C28H50O5S. The van der Waals surface area contributed by atoms with Gasteiger partial charge in [-0.25, -0.2) is 0 Å². The Hall–Kier alpha value is -0.170. The van der Waals surface area contributed by atoms with Crippen LogP contribution in [0.4, 0.5) is 0 Å². The van der Waals surface area contributed by atoms with Gasteiger partial charge in [0.2, 0.25) is 0 Å². The predicted octanol–water partition coefficient (Wildman–Crippen LogP) is 5.55. The largest absolute Gasteiger partial charge is 0.393 e. The molecule has 5 nitrogen and oxygen atoms in total. The standard InChI is InChI=1S/C28H50O5S/c1-7-20-24-15-19(29)10-12-27(24,5)23-11-13-26(4)21(8-9-22(26)25(23)28(20,6)30)18(3)14-17(2)16-34(31,32)33/h17-25,29-30H,7-16H2,1-6H3,(H,31,32,33)/t17?,18-,19+,20+,21+,22?,23?,24-,25?,26+,27+,28+/m0/s1. The van der Waals surface area contributed by atoms with Gasteiger partial charge < -0.3 is 10.2 Å². The summed E-state index contributed by atoms with van der Waals surface area (Å²) in [5.41, 5.74) is -0.358. The van der Waals surface area contributed by atoms with Gasteiger partial charge in [-0.2, -0.15) is 8.42 Å². The molecule has 0 aromatic rings. The summed E-state index contributed by atoms with van der Waals surface area (Å²) in [5.74, 6) is 2.61. The minimum atomic E-state index is -3.94. The number of hydrogen-bond acceptors (Lipinski definition) is 4. The molecule has 0 spiro atoms. The molecule has 0 bridgehead atoms. The van der Waals surface area contributed by atoms with Gasteiger partial charge in [-0.1, -0.05) is 41.0 Å². The highest BCUT2D eigenvalue weighted by atomic mass is 32.2.